The van der Waals surface area contributed by atoms with E-state index < -0.39 is 22.0 Å². The summed E-state index contributed by atoms with van der Waals surface area (Å²) < 4.78 is 23.4. The van der Waals surface area contributed by atoms with E-state index in [0.29, 0.717) is 40.3 Å². The number of hydrogen-bond acceptors (Lipinski definition) is 9. The minimum atomic E-state index is -0.852. The molecule has 1 fully saturated rings. The average molecular weight is 496 g/mol. The van der Waals surface area contributed by atoms with Gasteiger partial charge in [0.2, 0.25) is 5.88 Å². The molecule has 3 aromatic heterocycles. The third-order valence-corrected chi connectivity index (χ3v) is 8.61. The maximum absolute atomic E-state index is 12.4. The van der Waals surface area contributed by atoms with Crippen molar-refractivity contribution in [3.05, 3.63) is 47.4 Å². The van der Waals surface area contributed by atoms with Gasteiger partial charge in [0.25, 0.3) is 0 Å². The Labute approximate surface area is 206 Å². The summed E-state index contributed by atoms with van der Waals surface area (Å²) >= 11 is 0. The number of carbonyl (C=O) groups is 1. The number of aromatic nitrogens is 3. The normalized spacial score (nSPS) is 25.8. The minimum Gasteiger partial charge on any atom is -0.469 e. The van der Waals surface area contributed by atoms with Gasteiger partial charge in [0.15, 0.2) is 0 Å². The van der Waals surface area contributed by atoms with E-state index in [1.54, 1.807) is 24.5 Å². The largest absolute Gasteiger partial charge is 0.469 e. The zero-order valence-electron chi connectivity index (χ0n) is 20.4. The lowest BCUT2D eigenvalue weighted by Crippen LogP contribution is -2.53. The van der Waals surface area contributed by atoms with Crippen LogP contribution in [0.2, 0.25) is 0 Å². The van der Waals surface area contributed by atoms with E-state index >= 15 is 0 Å². The Morgan fingerprint density at radius 1 is 1.17 bits per heavy atom. The monoisotopic (exact) mass is 495 g/mol. The summed E-state index contributed by atoms with van der Waals surface area (Å²) in [5, 5.41) is 4.85. The maximum Gasteiger partial charge on any atom is 0.340 e. The summed E-state index contributed by atoms with van der Waals surface area (Å²) in [4.78, 5) is 26.2. The number of anilines is 2. The molecule has 0 spiro atoms. The lowest BCUT2D eigenvalue weighted by molar-refractivity contribution is -0.0189. The highest BCUT2D eigenvalue weighted by Crippen LogP contribution is 2.38. The fraction of sp³-hybridized carbons (Fsp3) is 0.440. The molecule has 9 nitrogen and oxygen atoms in total. The van der Waals surface area contributed by atoms with E-state index in [1.165, 1.54) is 0 Å². The number of nitrogens with zero attached hydrogens (tertiary/aromatic N) is 3. The number of carbonyl (C=O) groups excluding carboxylic acids is 1. The highest BCUT2D eigenvalue weighted by atomic mass is 32.2. The quantitative estimate of drug-likeness (QED) is 0.508. The van der Waals surface area contributed by atoms with Crippen LogP contribution in [-0.2, 0) is 15.5 Å². The second-order valence-corrected chi connectivity index (χ2v) is 11.6. The summed E-state index contributed by atoms with van der Waals surface area (Å²) in [7, 11) is -0.852. The summed E-state index contributed by atoms with van der Waals surface area (Å²) in [5.41, 5.74) is 7.11. The predicted molar refractivity (Wildman–Crippen MR) is 134 cm³/mol. The third-order valence-electron chi connectivity index (χ3n) is 6.74. The predicted octanol–water partition coefficient (Wildman–Crippen LogP) is 3.74. The van der Waals surface area contributed by atoms with E-state index in [4.69, 9.17) is 20.2 Å². The third kappa shape index (κ3) is 4.25. The lowest BCUT2D eigenvalue weighted by Gasteiger charge is -2.37. The molecular formula is C25H29N5O4S. The minimum absolute atomic E-state index is 0.0702. The number of cyclic esters (lactones) is 1. The molecule has 0 radical (unpaired) electrons. The number of rotatable bonds is 5. The van der Waals surface area contributed by atoms with Crippen molar-refractivity contribution in [1.29, 1.82) is 0 Å². The highest BCUT2D eigenvalue weighted by Gasteiger charge is 2.42. The van der Waals surface area contributed by atoms with E-state index in [2.05, 4.69) is 15.3 Å². The molecule has 1 saturated heterocycles. The van der Waals surface area contributed by atoms with Crippen molar-refractivity contribution in [3.63, 3.8) is 0 Å². The fourth-order valence-electron chi connectivity index (χ4n) is 4.47. The molecule has 0 saturated carbocycles. The van der Waals surface area contributed by atoms with Crippen LogP contribution in [0.5, 0.6) is 5.88 Å². The molecule has 3 N–H and O–H groups in total. The SMILES string of the molecule is CC(N)c1cnc(OC2(C)CS(=O)C2)c2cnc(Nc3ccc4c(n3)C(C)C(C)(C)OC4=O)cc12. The number of pyridine rings is 3. The van der Waals surface area contributed by atoms with Crippen molar-refractivity contribution in [2.24, 2.45) is 5.73 Å². The van der Waals surface area contributed by atoms with Crippen LogP contribution in [0.15, 0.2) is 30.6 Å². The second-order valence-electron chi connectivity index (χ2n) is 10.2. The van der Waals surface area contributed by atoms with Crippen molar-refractivity contribution in [1.82, 2.24) is 15.0 Å². The number of ether oxygens (including phenoxy) is 2. The van der Waals surface area contributed by atoms with Crippen LogP contribution in [0.3, 0.4) is 0 Å². The van der Waals surface area contributed by atoms with Crippen molar-refractivity contribution >= 4 is 39.2 Å². The van der Waals surface area contributed by atoms with Gasteiger partial charge in [0.1, 0.15) is 22.8 Å². The molecule has 3 aromatic rings. The second kappa shape index (κ2) is 8.23. The van der Waals surface area contributed by atoms with Crippen LogP contribution in [0.4, 0.5) is 11.6 Å². The highest BCUT2D eigenvalue weighted by molar-refractivity contribution is 7.86. The van der Waals surface area contributed by atoms with Crippen molar-refractivity contribution in [3.8, 4) is 5.88 Å². The van der Waals surface area contributed by atoms with Gasteiger partial charge in [-0.05, 0) is 56.8 Å². The van der Waals surface area contributed by atoms with Crippen molar-refractivity contribution in [2.75, 3.05) is 16.8 Å². The Kier molecular flexibility index (Phi) is 5.56. The summed E-state index contributed by atoms with van der Waals surface area (Å²) in [5.74, 6) is 2.12. The molecule has 2 unspecified atom stereocenters. The first-order valence-corrected chi connectivity index (χ1v) is 13.0. The molecule has 5 heterocycles. The van der Waals surface area contributed by atoms with Gasteiger partial charge in [-0.25, -0.2) is 19.7 Å². The molecular weight excluding hydrogens is 466 g/mol. The van der Waals surface area contributed by atoms with Crippen molar-refractivity contribution in [2.45, 2.75) is 57.8 Å². The van der Waals surface area contributed by atoms with Crippen LogP contribution in [0.25, 0.3) is 10.8 Å². The number of fused-ring (bicyclic) bond motifs is 2. The fourth-order valence-corrected chi connectivity index (χ4v) is 5.86. The Morgan fingerprint density at radius 3 is 2.60 bits per heavy atom. The van der Waals surface area contributed by atoms with Gasteiger partial charge in [-0.3, -0.25) is 4.21 Å². The number of hydrogen-bond donors (Lipinski definition) is 2. The van der Waals surface area contributed by atoms with E-state index in [-0.39, 0.29) is 17.9 Å². The van der Waals surface area contributed by atoms with Crippen LogP contribution < -0.4 is 15.8 Å². The van der Waals surface area contributed by atoms with E-state index in [1.807, 2.05) is 40.7 Å². The van der Waals surface area contributed by atoms with Gasteiger partial charge in [-0.2, -0.15) is 0 Å². The van der Waals surface area contributed by atoms with Gasteiger partial charge in [-0.15, -0.1) is 0 Å². The van der Waals surface area contributed by atoms with E-state index in [0.717, 1.165) is 16.3 Å². The molecule has 2 atom stereocenters. The average Bonchev–Trinajstić information content (AvgIpc) is 2.76. The topological polar surface area (TPSA) is 129 Å². The lowest BCUT2D eigenvalue weighted by atomic mass is 9.84. The first-order chi connectivity index (χ1) is 16.5. The molecule has 0 bridgehead atoms. The van der Waals surface area contributed by atoms with Crippen LogP contribution in [0.1, 0.15) is 68.2 Å². The summed E-state index contributed by atoms with van der Waals surface area (Å²) in [6.07, 6.45) is 3.42. The Hall–Kier alpha value is -3.11. The maximum atomic E-state index is 12.4. The molecule has 5 rings (SSSR count). The van der Waals surface area contributed by atoms with Gasteiger partial charge >= 0.3 is 5.97 Å². The first-order valence-electron chi connectivity index (χ1n) is 11.6. The molecule has 0 amide bonds. The number of nitrogens with two attached hydrogens (primary N) is 1. The van der Waals surface area contributed by atoms with Gasteiger partial charge in [-0.1, -0.05) is 6.92 Å². The molecule has 2 aliphatic heterocycles. The molecule has 0 aromatic carbocycles. The molecule has 0 aliphatic carbocycles. The van der Waals surface area contributed by atoms with Gasteiger partial charge in [0, 0.05) is 35.2 Å². The standard InChI is InChI=1S/C25H29N5O4S/c1-13-21-15(23(31)34-24(13,3)4)6-7-19(30-21)29-20-8-16-17(14(2)26)9-28-22(18(16)10-27-20)33-25(5)11-35(32)12-25/h6-10,13-14H,11-12,26H2,1-5H3,(H,27,29,30). The zero-order chi connectivity index (χ0) is 25.1. The van der Waals surface area contributed by atoms with Crippen LogP contribution in [0, 0.1) is 0 Å². The summed E-state index contributed by atoms with van der Waals surface area (Å²) in [6, 6.07) is 5.11. The number of esters is 1. The van der Waals surface area contributed by atoms with Gasteiger partial charge < -0.3 is 20.5 Å². The molecule has 35 heavy (non-hydrogen) atoms. The van der Waals surface area contributed by atoms with Crippen molar-refractivity contribution < 1.29 is 18.5 Å². The Bertz CT molecular complexity index is 1370. The number of nitrogens with one attached hydrogen (secondary N) is 1. The van der Waals surface area contributed by atoms with Crippen LogP contribution >= 0.6 is 0 Å². The molecule has 10 heteroatoms. The first kappa shape index (κ1) is 23.6. The zero-order valence-corrected chi connectivity index (χ0v) is 21.2. The van der Waals surface area contributed by atoms with Gasteiger partial charge in [0.05, 0.1) is 28.1 Å². The molecule has 2 aliphatic rings. The molecule has 184 valence electrons. The summed E-state index contributed by atoms with van der Waals surface area (Å²) in [6.45, 7) is 9.60. The Balaban J connectivity index is 1.50. The van der Waals surface area contributed by atoms with E-state index in [9.17, 15) is 9.00 Å². The smallest absolute Gasteiger partial charge is 0.340 e. The Morgan fingerprint density at radius 2 is 1.91 bits per heavy atom. The van der Waals surface area contributed by atoms with Crippen LogP contribution in [-0.4, -0.2) is 47.8 Å².